The molecule has 62 valence electrons. The molecule has 0 aromatic heterocycles. The van der Waals surface area contributed by atoms with E-state index in [4.69, 9.17) is 4.74 Å². The third kappa shape index (κ3) is 3.91. The number of hydrogen-bond acceptors (Lipinski definition) is 2. The van der Waals surface area contributed by atoms with Gasteiger partial charge in [-0.2, -0.15) is 0 Å². The highest BCUT2D eigenvalue weighted by molar-refractivity contribution is 9.09. The molecular formula is C6H13Br2NO. The van der Waals surface area contributed by atoms with E-state index in [0.717, 1.165) is 31.4 Å². The first kappa shape index (κ1) is 10.9. The molecule has 10 heavy (non-hydrogen) atoms. The molecule has 1 N–H and O–H groups in total. The molecule has 1 aliphatic rings. The van der Waals surface area contributed by atoms with Crippen LogP contribution in [-0.2, 0) is 4.74 Å². The maximum absolute atomic E-state index is 5.43. The third-order valence-electron chi connectivity index (χ3n) is 1.44. The average Bonchev–Trinajstić information content (AvgIpc) is 1.91. The van der Waals surface area contributed by atoms with Gasteiger partial charge in [-0.3, -0.25) is 0 Å². The van der Waals surface area contributed by atoms with Gasteiger partial charge in [0.05, 0.1) is 12.7 Å². The Morgan fingerprint density at radius 2 is 2.40 bits per heavy atom. The van der Waals surface area contributed by atoms with E-state index in [0.29, 0.717) is 6.10 Å². The summed E-state index contributed by atoms with van der Waals surface area (Å²) in [7, 11) is 0. The normalized spacial score (nSPS) is 25.5. The molecule has 0 spiro atoms. The van der Waals surface area contributed by atoms with Crippen molar-refractivity contribution in [2.45, 2.75) is 12.5 Å². The molecule has 0 saturated carbocycles. The Kier molecular flexibility index (Phi) is 7.16. The number of rotatable bonds is 2. The molecule has 1 atom stereocenters. The van der Waals surface area contributed by atoms with Crippen LogP contribution in [0.4, 0.5) is 0 Å². The Hall–Kier alpha value is 0.880. The Balaban J connectivity index is 0.000000810. The molecule has 1 aliphatic heterocycles. The lowest BCUT2D eigenvalue weighted by molar-refractivity contribution is 0.0276. The van der Waals surface area contributed by atoms with Crippen LogP contribution in [0.25, 0.3) is 0 Å². The molecule has 4 heteroatoms. The Morgan fingerprint density at radius 3 is 2.90 bits per heavy atom. The molecule has 1 rings (SSSR count). The van der Waals surface area contributed by atoms with Crippen molar-refractivity contribution in [1.82, 2.24) is 5.32 Å². The second-order valence-electron chi connectivity index (χ2n) is 2.17. The minimum atomic E-state index is 0. The fourth-order valence-electron chi connectivity index (χ4n) is 0.927. The summed E-state index contributed by atoms with van der Waals surface area (Å²) in [5, 5.41) is 4.31. The van der Waals surface area contributed by atoms with Crippen LogP contribution in [0.1, 0.15) is 6.42 Å². The van der Waals surface area contributed by atoms with Crippen LogP contribution in [0, 0.1) is 0 Å². The SMILES string of the molecule is Br.BrCCC1CNCCO1. The van der Waals surface area contributed by atoms with Crippen LogP contribution >= 0.6 is 32.9 Å². The van der Waals surface area contributed by atoms with E-state index >= 15 is 0 Å². The van der Waals surface area contributed by atoms with Crippen LogP contribution in [0.5, 0.6) is 0 Å². The molecule has 0 bridgehead atoms. The lowest BCUT2D eigenvalue weighted by Gasteiger charge is -2.22. The smallest absolute Gasteiger partial charge is 0.0708 e. The van der Waals surface area contributed by atoms with E-state index in [9.17, 15) is 0 Å². The van der Waals surface area contributed by atoms with Gasteiger partial charge in [0.25, 0.3) is 0 Å². The number of nitrogens with one attached hydrogen (secondary N) is 1. The van der Waals surface area contributed by atoms with Crippen molar-refractivity contribution in [2.24, 2.45) is 0 Å². The molecule has 1 fully saturated rings. The van der Waals surface area contributed by atoms with Crippen LogP contribution in [0.2, 0.25) is 0 Å². The standard InChI is InChI=1S/C6H12BrNO.BrH/c7-2-1-6-5-8-3-4-9-6;/h6,8H,1-5H2;1H. The van der Waals surface area contributed by atoms with Gasteiger partial charge in [-0.1, -0.05) is 15.9 Å². The number of morpholine rings is 1. The van der Waals surface area contributed by atoms with E-state index in [2.05, 4.69) is 21.2 Å². The van der Waals surface area contributed by atoms with E-state index in [1.54, 1.807) is 0 Å². The number of ether oxygens (including phenoxy) is 1. The summed E-state index contributed by atoms with van der Waals surface area (Å²) >= 11 is 3.38. The molecule has 2 nitrogen and oxygen atoms in total. The minimum absolute atomic E-state index is 0. The van der Waals surface area contributed by atoms with Crippen molar-refractivity contribution in [1.29, 1.82) is 0 Å². The van der Waals surface area contributed by atoms with Gasteiger partial charge in [-0.25, -0.2) is 0 Å². The number of hydrogen-bond donors (Lipinski definition) is 1. The summed E-state index contributed by atoms with van der Waals surface area (Å²) in [5.41, 5.74) is 0. The Labute approximate surface area is 80.6 Å². The van der Waals surface area contributed by atoms with Gasteiger partial charge >= 0.3 is 0 Å². The van der Waals surface area contributed by atoms with Gasteiger partial charge in [0.1, 0.15) is 0 Å². The first-order chi connectivity index (χ1) is 4.43. The molecule has 0 aliphatic carbocycles. The molecule has 0 radical (unpaired) electrons. The quantitative estimate of drug-likeness (QED) is 0.768. The third-order valence-corrected chi connectivity index (χ3v) is 1.89. The maximum atomic E-state index is 5.43. The zero-order valence-electron chi connectivity index (χ0n) is 5.81. The molecule has 1 unspecified atom stereocenters. The molecule has 1 heterocycles. The van der Waals surface area contributed by atoms with Crippen molar-refractivity contribution in [3.05, 3.63) is 0 Å². The van der Waals surface area contributed by atoms with Crippen molar-refractivity contribution >= 4 is 32.9 Å². The van der Waals surface area contributed by atoms with E-state index < -0.39 is 0 Å². The van der Waals surface area contributed by atoms with Crippen LogP contribution in [0.3, 0.4) is 0 Å². The first-order valence-corrected chi connectivity index (χ1v) is 4.44. The molecule has 1 saturated heterocycles. The highest BCUT2D eigenvalue weighted by Crippen LogP contribution is 2.02. The van der Waals surface area contributed by atoms with Gasteiger partial charge in [0, 0.05) is 18.4 Å². The largest absolute Gasteiger partial charge is 0.376 e. The highest BCUT2D eigenvalue weighted by Gasteiger charge is 2.10. The van der Waals surface area contributed by atoms with Crippen LogP contribution in [-0.4, -0.2) is 31.1 Å². The van der Waals surface area contributed by atoms with Crippen LogP contribution in [0.15, 0.2) is 0 Å². The highest BCUT2D eigenvalue weighted by atomic mass is 79.9. The second kappa shape index (κ2) is 6.58. The topological polar surface area (TPSA) is 21.3 Å². The lowest BCUT2D eigenvalue weighted by Crippen LogP contribution is -2.38. The predicted octanol–water partition coefficient (Wildman–Crippen LogP) is 1.34. The summed E-state index contributed by atoms with van der Waals surface area (Å²) in [6.07, 6.45) is 1.56. The Morgan fingerprint density at radius 1 is 1.60 bits per heavy atom. The summed E-state index contributed by atoms with van der Waals surface area (Å²) < 4.78 is 5.43. The van der Waals surface area contributed by atoms with Crippen molar-refractivity contribution < 1.29 is 4.74 Å². The summed E-state index contributed by atoms with van der Waals surface area (Å²) in [6, 6.07) is 0. The minimum Gasteiger partial charge on any atom is -0.376 e. The van der Waals surface area contributed by atoms with Crippen molar-refractivity contribution in [2.75, 3.05) is 25.0 Å². The molecular weight excluding hydrogens is 262 g/mol. The fourth-order valence-corrected chi connectivity index (χ4v) is 1.44. The van der Waals surface area contributed by atoms with Gasteiger partial charge in [-0.15, -0.1) is 17.0 Å². The molecule has 0 aromatic carbocycles. The monoisotopic (exact) mass is 273 g/mol. The predicted molar refractivity (Wildman–Crippen MR) is 51.3 cm³/mol. The summed E-state index contributed by atoms with van der Waals surface area (Å²) in [6.45, 7) is 2.90. The average molecular weight is 275 g/mol. The Bertz CT molecular complexity index is 73.4. The summed E-state index contributed by atoms with van der Waals surface area (Å²) in [5.74, 6) is 0. The zero-order chi connectivity index (χ0) is 6.53. The second-order valence-corrected chi connectivity index (χ2v) is 2.97. The molecule has 0 aromatic rings. The first-order valence-electron chi connectivity index (χ1n) is 3.32. The van der Waals surface area contributed by atoms with Gasteiger partial charge in [-0.05, 0) is 6.42 Å². The lowest BCUT2D eigenvalue weighted by atomic mass is 10.2. The van der Waals surface area contributed by atoms with Gasteiger partial charge in [0.2, 0.25) is 0 Å². The maximum Gasteiger partial charge on any atom is 0.0708 e. The van der Waals surface area contributed by atoms with Crippen molar-refractivity contribution in [3.8, 4) is 0 Å². The van der Waals surface area contributed by atoms with E-state index in [1.807, 2.05) is 0 Å². The zero-order valence-corrected chi connectivity index (χ0v) is 9.11. The van der Waals surface area contributed by atoms with E-state index in [1.165, 1.54) is 0 Å². The molecule has 0 amide bonds. The van der Waals surface area contributed by atoms with Crippen LogP contribution < -0.4 is 5.32 Å². The van der Waals surface area contributed by atoms with Crippen molar-refractivity contribution in [3.63, 3.8) is 0 Å². The number of halogens is 2. The number of alkyl halides is 1. The van der Waals surface area contributed by atoms with Gasteiger partial charge < -0.3 is 10.1 Å². The van der Waals surface area contributed by atoms with E-state index in [-0.39, 0.29) is 17.0 Å². The van der Waals surface area contributed by atoms with Gasteiger partial charge in [0.15, 0.2) is 0 Å². The fraction of sp³-hybridized carbons (Fsp3) is 1.00. The summed E-state index contributed by atoms with van der Waals surface area (Å²) in [4.78, 5) is 0.